The van der Waals surface area contributed by atoms with Crippen molar-refractivity contribution in [1.29, 1.82) is 0 Å². The first-order valence-electron chi connectivity index (χ1n) is 7.55. The molecule has 0 heterocycles. The van der Waals surface area contributed by atoms with Gasteiger partial charge in [-0.1, -0.05) is 23.2 Å². The number of amides is 1. The predicted octanol–water partition coefficient (Wildman–Crippen LogP) is 0.196. The number of nitrogens with zero attached hydrogens (tertiary/aromatic N) is 1. The average molecular weight is 465 g/mol. The van der Waals surface area contributed by atoms with Gasteiger partial charge in [0.2, 0.25) is 0 Å². The zero-order valence-corrected chi connectivity index (χ0v) is 15.7. The molecule has 1 rings (SSSR count). The van der Waals surface area contributed by atoms with Gasteiger partial charge in [-0.15, -0.1) is 0 Å². The van der Waals surface area contributed by atoms with Crippen molar-refractivity contribution >= 4 is 76.3 Å². The number of aliphatic hydroxyl groups is 2. The quantitative estimate of drug-likeness (QED) is 0.147. The van der Waals surface area contributed by atoms with Crippen molar-refractivity contribution in [2.45, 2.75) is 29.8 Å². The number of rotatable bonds is 9. The topological polar surface area (TPSA) is 187 Å². The molecule has 0 bridgehead atoms. The summed E-state index contributed by atoms with van der Waals surface area (Å²) in [5.41, 5.74) is 0.169. The number of hydrogen-bond acceptors (Lipinski definition) is 7. The van der Waals surface area contributed by atoms with Crippen molar-refractivity contribution in [3.63, 3.8) is 0 Å². The molecule has 0 aliphatic carbocycles. The Morgan fingerprint density at radius 1 is 1.07 bits per heavy atom. The average Bonchev–Trinajstić information content (AvgIpc) is 2.64. The van der Waals surface area contributed by atoms with Crippen LogP contribution in [0.3, 0.4) is 0 Å². The molecule has 1 aromatic rings. The second-order valence-corrected chi connectivity index (χ2v) is 6.28. The minimum atomic E-state index is -1.33. The Hall–Kier alpha value is -1.47. The molecule has 0 saturated carbocycles. The third kappa shape index (κ3) is 12.6. The Kier molecular flexibility index (Phi) is 15.8. The molecule has 0 spiro atoms. The number of carboxylic acid groups (broad SMARTS) is 2. The zero-order valence-electron chi connectivity index (χ0n) is 14.2. The molecule has 0 aliphatic heterocycles. The summed E-state index contributed by atoms with van der Waals surface area (Å²) in [7, 11) is 0. The summed E-state index contributed by atoms with van der Waals surface area (Å²) in [4.78, 5) is 39.2. The Bertz CT molecular complexity index is 675. The van der Waals surface area contributed by atoms with Gasteiger partial charge in [0.25, 0.3) is 11.6 Å². The number of carboxylic acids is 2. The number of aliphatic carboxylic acids is 2. The van der Waals surface area contributed by atoms with Gasteiger partial charge < -0.3 is 25.7 Å². The van der Waals surface area contributed by atoms with Crippen LogP contribution in [-0.4, -0.2) is 90.2 Å². The van der Waals surface area contributed by atoms with E-state index >= 15 is 0 Å². The maximum absolute atomic E-state index is 11.3. The van der Waals surface area contributed by atoms with Crippen molar-refractivity contribution in [2.75, 3.05) is 6.61 Å². The Labute approximate surface area is 197 Å². The molecular formula is C15H19Cl2N2NaO9. The summed E-state index contributed by atoms with van der Waals surface area (Å²) >= 11 is 10.7. The second-order valence-electron chi connectivity index (χ2n) is 5.18. The van der Waals surface area contributed by atoms with Crippen molar-refractivity contribution in [2.24, 2.45) is 0 Å². The SMILES string of the molecule is O=C(N[C@H](CO)[C@H](O)c1ccc([N+](=O)[O-])cc1)C(Cl)Cl.O=C(O)CCC(=O)O.[NaH]. The standard InChI is InChI=1S/C11H12Cl2N2O5.C4H6O4.Na.H/c12-10(13)11(18)14-8(5-16)9(17)6-1-3-7(4-2-6)15(19)20;5-3(6)1-2-4(7)8;;/h1-4,8-10,16-17H,5H2,(H,14,18);1-2H2,(H,5,6)(H,7,8);;/t8-,9-;;;/m1.../s1. The first kappa shape index (κ1) is 29.7. The maximum atomic E-state index is 11.3. The van der Waals surface area contributed by atoms with Gasteiger partial charge in [0.05, 0.1) is 30.4 Å². The summed E-state index contributed by atoms with van der Waals surface area (Å²) < 4.78 is 0. The van der Waals surface area contributed by atoms with Gasteiger partial charge >= 0.3 is 41.5 Å². The Morgan fingerprint density at radius 3 is 1.83 bits per heavy atom. The minimum absolute atomic E-state index is 0. The third-order valence-electron chi connectivity index (χ3n) is 3.10. The number of benzene rings is 1. The van der Waals surface area contributed by atoms with Crippen LogP contribution in [0.25, 0.3) is 0 Å². The first-order valence-corrected chi connectivity index (χ1v) is 8.42. The molecule has 0 radical (unpaired) electrons. The van der Waals surface area contributed by atoms with E-state index in [2.05, 4.69) is 5.32 Å². The fraction of sp³-hybridized carbons (Fsp3) is 0.400. The number of hydrogen-bond donors (Lipinski definition) is 5. The van der Waals surface area contributed by atoms with E-state index < -0.39 is 46.4 Å². The predicted molar refractivity (Wildman–Crippen MR) is 104 cm³/mol. The summed E-state index contributed by atoms with van der Waals surface area (Å²) in [5.74, 6) is -2.91. The van der Waals surface area contributed by atoms with Crippen LogP contribution in [-0.2, 0) is 14.4 Å². The molecule has 0 aliphatic rings. The van der Waals surface area contributed by atoms with Crippen molar-refractivity contribution in [3.05, 3.63) is 39.9 Å². The van der Waals surface area contributed by atoms with E-state index in [0.717, 1.165) is 0 Å². The van der Waals surface area contributed by atoms with E-state index in [9.17, 15) is 29.6 Å². The molecule has 29 heavy (non-hydrogen) atoms. The molecule has 1 amide bonds. The third-order valence-corrected chi connectivity index (χ3v) is 3.50. The fourth-order valence-corrected chi connectivity index (χ4v) is 1.84. The summed E-state index contributed by atoms with van der Waals surface area (Å²) in [6.45, 7) is -0.551. The summed E-state index contributed by atoms with van der Waals surface area (Å²) in [5, 5.41) is 47.7. The van der Waals surface area contributed by atoms with Crippen LogP contribution in [0.15, 0.2) is 24.3 Å². The van der Waals surface area contributed by atoms with Crippen molar-refractivity contribution in [1.82, 2.24) is 5.32 Å². The molecular weight excluding hydrogens is 446 g/mol. The van der Waals surface area contributed by atoms with E-state index in [1.165, 1.54) is 24.3 Å². The van der Waals surface area contributed by atoms with Crippen LogP contribution in [0, 0.1) is 10.1 Å². The van der Waals surface area contributed by atoms with Gasteiger partial charge in [-0.3, -0.25) is 24.5 Å². The van der Waals surface area contributed by atoms with E-state index in [4.69, 9.17) is 38.5 Å². The number of nitro benzene ring substituents is 1. The number of alkyl halides is 2. The first-order chi connectivity index (χ1) is 13.0. The van der Waals surface area contributed by atoms with Crippen LogP contribution in [0.1, 0.15) is 24.5 Å². The molecule has 2 atom stereocenters. The monoisotopic (exact) mass is 464 g/mol. The van der Waals surface area contributed by atoms with Gasteiger partial charge in [-0.2, -0.15) is 0 Å². The van der Waals surface area contributed by atoms with Gasteiger partial charge in [-0.05, 0) is 17.7 Å². The molecule has 5 N–H and O–H groups in total. The van der Waals surface area contributed by atoms with Crippen molar-refractivity contribution < 1.29 is 39.7 Å². The van der Waals surface area contributed by atoms with E-state index in [1.54, 1.807) is 0 Å². The van der Waals surface area contributed by atoms with Gasteiger partial charge in [0, 0.05) is 12.1 Å². The number of aliphatic hydroxyl groups excluding tert-OH is 2. The number of carbonyl (C=O) groups excluding carboxylic acids is 1. The van der Waals surface area contributed by atoms with Gasteiger partial charge in [-0.25, -0.2) is 0 Å². The van der Waals surface area contributed by atoms with Gasteiger partial charge in [0.15, 0.2) is 4.84 Å². The van der Waals surface area contributed by atoms with Crippen LogP contribution in [0.5, 0.6) is 0 Å². The van der Waals surface area contributed by atoms with E-state index in [-0.39, 0.29) is 48.1 Å². The van der Waals surface area contributed by atoms with Crippen LogP contribution in [0.2, 0.25) is 0 Å². The molecule has 0 fully saturated rings. The number of halogens is 2. The molecule has 0 saturated heterocycles. The number of nitrogens with one attached hydrogen (secondary N) is 1. The number of carbonyl (C=O) groups is 3. The Balaban J connectivity index is 0. The number of nitro groups is 1. The second kappa shape index (κ2) is 15.4. The molecule has 14 heteroatoms. The number of non-ortho nitro benzene ring substituents is 1. The summed E-state index contributed by atoms with van der Waals surface area (Å²) in [6, 6.07) is 4.05. The normalized spacial score (nSPS) is 11.9. The van der Waals surface area contributed by atoms with Crippen LogP contribution in [0.4, 0.5) is 5.69 Å². The molecule has 0 aromatic heterocycles. The Morgan fingerprint density at radius 2 is 1.52 bits per heavy atom. The van der Waals surface area contributed by atoms with Crippen molar-refractivity contribution in [3.8, 4) is 0 Å². The molecule has 1 aromatic carbocycles. The van der Waals surface area contributed by atoms with E-state index in [1.807, 2.05) is 0 Å². The summed E-state index contributed by atoms with van der Waals surface area (Å²) in [6.07, 6.45) is -1.85. The van der Waals surface area contributed by atoms with Gasteiger partial charge in [0.1, 0.15) is 6.10 Å². The zero-order chi connectivity index (χ0) is 21.9. The molecule has 11 nitrogen and oxygen atoms in total. The van der Waals surface area contributed by atoms with E-state index in [0.29, 0.717) is 5.56 Å². The van der Waals surface area contributed by atoms with Crippen LogP contribution >= 0.6 is 23.2 Å². The molecule has 158 valence electrons. The fourth-order valence-electron chi connectivity index (χ4n) is 1.71. The molecule has 0 unspecified atom stereocenters. The van der Waals surface area contributed by atoms with Crippen LogP contribution < -0.4 is 5.32 Å².